The Kier molecular flexibility index (Phi) is 5.85. The molecular weight excluding hydrogens is 466 g/mol. The molecule has 0 saturated heterocycles. The molecule has 36 heavy (non-hydrogen) atoms. The molecule has 2 aliphatic rings. The lowest BCUT2D eigenvalue weighted by Gasteiger charge is -2.34. The number of hydrogen-bond donors (Lipinski definition) is 1. The molecule has 1 N–H and O–H groups in total. The smallest absolute Gasteiger partial charge is 0.329 e. The van der Waals surface area contributed by atoms with Crippen LogP contribution in [0.3, 0.4) is 0 Å². The second-order valence-electron chi connectivity index (χ2n) is 8.48. The molecule has 0 aliphatic carbocycles. The Bertz CT molecular complexity index is 1400. The van der Waals surface area contributed by atoms with Gasteiger partial charge in [0.2, 0.25) is 0 Å². The van der Waals surface area contributed by atoms with Gasteiger partial charge in [0.1, 0.15) is 6.04 Å². The van der Waals surface area contributed by atoms with E-state index < -0.39 is 42.2 Å². The highest BCUT2D eigenvalue weighted by molar-refractivity contribution is 6.21. The first-order chi connectivity index (χ1) is 17.3. The molecule has 10 heteroatoms. The Morgan fingerprint density at radius 3 is 2.50 bits per heavy atom. The van der Waals surface area contributed by atoms with E-state index in [0.29, 0.717) is 0 Å². The highest BCUT2D eigenvalue weighted by Crippen LogP contribution is 2.27. The lowest BCUT2D eigenvalue weighted by atomic mass is 9.93. The zero-order valence-corrected chi connectivity index (χ0v) is 19.2. The van der Waals surface area contributed by atoms with E-state index in [-0.39, 0.29) is 35.5 Å². The minimum absolute atomic E-state index is 0.0974. The van der Waals surface area contributed by atoms with Crippen molar-refractivity contribution in [1.82, 2.24) is 9.80 Å². The molecule has 2 aromatic carbocycles. The van der Waals surface area contributed by atoms with Gasteiger partial charge < -0.3 is 19.4 Å². The highest BCUT2D eigenvalue weighted by atomic mass is 16.5. The quantitative estimate of drug-likeness (QED) is 0.432. The molecular formula is C26H21N3O7. The van der Waals surface area contributed by atoms with Crippen LogP contribution in [-0.4, -0.2) is 59.1 Å². The van der Waals surface area contributed by atoms with E-state index in [9.17, 15) is 24.0 Å². The number of carbonyl (C=O) groups is 5. The molecule has 1 aromatic heterocycles. The van der Waals surface area contributed by atoms with Crippen LogP contribution in [0.2, 0.25) is 0 Å². The number of anilines is 1. The first-order valence-electron chi connectivity index (χ1n) is 11.2. The topological polar surface area (TPSA) is 126 Å². The number of benzene rings is 2. The van der Waals surface area contributed by atoms with Crippen LogP contribution in [0.4, 0.5) is 5.69 Å². The Balaban J connectivity index is 1.27. The third-order valence-corrected chi connectivity index (χ3v) is 6.23. The molecule has 10 nitrogen and oxygen atoms in total. The summed E-state index contributed by atoms with van der Waals surface area (Å²) in [7, 11) is 1.38. The molecule has 2 aliphatic heterocycles. The molecule has 4 amide bonds. The molecule has 3 aromatic rings. The van der Waals surface area contributed by atoms with E-state index in [2.05, 4.69) is 5.32 Å². The Hall–Kier alpha value is -4.73. The third kappa shape index (κ3) is 4.13. The number of imide groups is 1. The number of rotatable bonds is 5. The summed E-state index contributed by atoms with van der Waals surface area (Å²) in [6.45, 7) is -0.401. The fourth-order valence-corrected chi connectivity index (χ4v) is 4.36. The lowest BCUT2D eigenvalue weighted by molar-refractivity contribution is -0.152. The van der Waals surface area contributed by atoms with Gasteiger partial charge in [-0.3, -0.25) is 24.1 Å². The molecule has 0 saturated carbocycles. The maximum atomic E-state index is 13.0. The number of nitrogens with zero attached hydrogens (tertiary/aromatic N) is 2. The van der Waals surface area contributed by atoms with Crippen LogP contribution < -0.4 is 5.32 Å². The molecule has 1 atom stereocenters. The van der Waals surface area contributed by atoms with Crippen LogP contribution in [0.1, 0.15) is 42.4 Å². The monoisotopic (exact) mass is 487 g/mol. The highest BCUT2D eigenvalue weighted by Gasteiger charge is 2.37. The summed E-state index contributed by atoms with van der Waals surface area (Å²) in [4.78, 5) is 65.1. The molecule has 0 radical (unpaired) electrons. The van der Waals surface area contributed by atoms with E-state index in [1.165, 1.54) is 42.5 Å². The number of carbonyl (C=O) groups excluding carboxylic acids is 5. The van der Waals surface area contributed by atoms with Gasteiger partial charge in [-0.15, -0.1) is 0 Å². The van der Waals surface area contributed by atoms with Gasteiger partial charge in [0, 0.05) is 25.7 Å². The van der Waals surface area contributed by atoms with E-state index in [1.807, 2.05) is 24.3 Å². The largest absolute Gasteiger partial charge is 0.459 e. The van der Waals surface area contributed by atoms with Crippen LogP contribution in [0.5, 0.6) is 0 Å². The van der Waals surface area contributed by atoms with Gasteiger partial charge in [0.05, 0.1) is 17.4 Å². The Morgan fingerprint density at radius 2 is 1.75 bits per heavy atom. The van der Waals surface area contributed by atoms with E-state index in [0.717, 1.165) is 16.0 Å². The maximum absolute atomic E-state index is 13.0. The lowest BCUT2D eigenvalue weighted by Crippen LogP contribution is -2.49. The van der Waals surface area contributed by atoms with Crippen molar-refractivity contribution in [3.8, 4) is 0 Å². The standard InChI is InChI=1S/C26H21N3O7/c1-28-23(31)18-9-8-17(12-19(18)24(28)32)27-22(30)14-36-26(34)20-11-15-5-2-3-6-16(15)13-29(20)25(33)21-7-4-10-35-21/h2-10,12,20H,11,13-14H2,1H3,(H,27,30). The second-order valence-corrected chi connectivity index (χ2v) is 8.48. The van der Waals surface area contributed by atoms with Gasteiger partial charge in [-0.25, -0.2) is 4.79 Å². The molecule has 0 spiro atoms. The summed E-state index contributed by atoms with van der Waals surface area (Å²) >= 11 is 0. The van der Waals surface area contributed by atoms with Crippen LogP contribution in [0.15, 0.2) is 65.3 Å². The van der Waals surface area contributed by atoms with Crippen LogP contribution in [-0.2, 0) is 27.3 Å². The number of amides is 4. The van der Waals surface area contributed by atoms with Gasteiger partial charge in [-0.05, 0) is 41.5 Å². The number of hydrogen-bond acceptors (Lipinski definition) is 7. The van der Waals surface area contributed by atoms with Gasteiger partial charge in [0.25, 0.3) is 23.6 Å². The minimum Gasteiger partial charge on any atom is -0.459 e. The minimum atomic E-state index is -0.940. The van der Waals surface area contributed by atoms with Crippen molar-refractivity contribution in [2.24, 2.45) is 0 Å². The molecule has 0 fully saturated rings. The molecule has 0 bridgehead atoms. The second kappa shape index (κ2) is 9.14. The van der Waals surface area contributed by atoms with Gasteiger partial charge in [-0.2, -0.15) is 0 Å². The Labute approximate surface area is 205 Å². The molecule has 182 valence electrons. The Morgan fingerprint density at radius 1 is 1.00 bits per heavy atom. The van der Waals surface area contributed by atoms with Crippen molar-refractivity contribution >= 4 is 35.3 Å². The number of furan rings is 1. The summed E-state index contributed by atoms with van der Waals surface area (Å²) < 4.78 is 10.5. The average molecular weight is 487 g/mol. The molecule has 1 unspecified atom stereocenters. The third-order valence-electron chi connectivity index (χ3n) is 6.23. The average Bonchev–Trinajstić information content (AvgIpc) is 3.50. The van der Waals surface area contributed by atoms with Crippen LogP contribution >= 0.6 is 0 Å². The zero-order valence-electron chi connectivity index (χ0n) is 19.2. The summed E-state index contributed by atoms with van der Waals surface area (Å²) in [6, 6.07) is 14.0. The number of esters is 1. The predicted molar refractivity (Wildman–Crippen MR) is 125 cm³/mol. The predicted octanol–water partition coefficient (Wildman–Crippen LogP) is 2.25. The summed E-state index contributed by atoms with van der Waals surface area (Å²) in [6.07, 6.45) is 1.61. The molecule has 3 heterocycles. The zero-order chi connectivity index (χ0) is 25.4. The fraction of sp³-hybridized carbons (Fsp3) is 0.192. The van der Waals surface area contributed by atoms with Crippen molar-refractivity contribution in [1.29, 1.82) is 0 Å². The van der Waals surface area contributed by atoms with E-state index in [1.54, 1.807) is 6.07 Å². The fourth-order valence-electron chi connectivity index (χ4n) is 4.36. The van der Waals surface area contributed by atoms with Crippen molar-refractivity contribution in [2.75, 3.05) is 19.0 Å². The summed E-state index contributed by atoms with van der Waals surface area (Å²) in [5.41, 5.74) is 2.55. The van der Waals surface area contributed by atoms with Crippen molar-refractivity contribution in [2.45, 2.75) is 19.0 Å². The normalized spacial score (nSPS) is 16.4. The van der Waals surface area contributed by atoms with Crippen LogP contribution in [0.25, 0.3) is 0 Å². The van der Waals surface area contributed by atoms with Gasteiger partial charge in [-0.1, -0.05) is 24.3 Å². The number of fused-ring (bicyclic) bond motifs is 2. The van der Waals surface area contributed by atoms with Gasteiger partial charge >= 0.3 is 5.97 Å². The maximum Gasteiger partial charge on any atom is 0.329 e. The first-order valence-corrected chi connectivity index (χ1v) is 11.2. The van der Waals surface area contributed by atoms with E-state index >= 15 is 0 Å². The van der Waals surface area contributed by atoms with Crippen LogP contribution in [0, 0.1) is 0 Å². The summed E-state index contributed by atoms with van der Waals surface area (Å²) in [5, 5.41) is 2.56. The SMILES string of the molecule is CN1C(=O)c2ccc(NC(=O)COC(=O)C3Cc4ccccc4CN3C(=O)c3ccco3)cc2C1=O. The van der Waals surface area contributed by atoms with Crippen molar-refractivity contribution in [3.05, 3.63) is 88.9 Å². The van der Waals surface area contributed by atoms with Crippen molar-refractivity contribution in [3.63, 3.8) is 0 Å². The number of nitrogens with one attached hydrogen (secondary N) is 1. The first kappa shape index (κ1) is 23.0. The van der Waals surface area contributed by atoms with E-state index in [4.69, 9.17) is 9.15 Å². The van der Waals surface area contributed by atoms with Crippen molar-refractivity contribution < 1.29 is 33.1 Å². The summed E-state index contributed by atoms with van der Waals surface area (Å²) in [5.74, 6) is -2.59. The molecule has 5 rings (SSSR count). The van der Waals surface area contributed by atoms with Gasteiger partial charge in [0.15, 0.2) is 12.4 Å². The number of ether oxygens (including phenoxy) is 1.